The van der Waals surface area contributed by atoms with Crippen molar-refractivity contribution >= 4 is 18.5 Å². The van der Waals surface area contributed by atoms with E-state index in [4.69, 9.17) is 20.3 Å². The number of hydrogen-bond donors (Lipinski definition) is 3. The zero-order chi connectivity index (χ0) is 13.0. The first kappa shape index (κ1) is 12.1. The minimum absolute atomic E-state index is 0.248. The van der Waals surface area contributed by atoms with E-state index in [1.54, 1.807) is 18.2 Å². The van der Waals surface area contributed by atoms with Crippen LogP contribution < -0.4 is 10.1 Å². The second-order valence-corrected chi connectivity index (χ2v) is 3.84. The Morgan fingerprint density at radius 3 is 2.50 bits per heavy atom. The molecule has 94 valence electrons. The van der Waals surface area contributed by atoms with Crippen LogP contribution in [0, 0.1) is 10.8 Å². The van der Waals surface area contributed by atoms with E-state index in [0.29, 0.717) is 23.4 Å². The van der Waals surface area contributed by atoms with Crippen LogP contribution in [0.3, 0.4) is 0 Å². The largest absolute Gasteiger partial charge is 0.490 e. The Kier molecular flexibility index (Phi) is 3.57. The van der Waals surface area contributed by atoms with E-state index in [2.05, 4.69) is 5.32 Å². The Bertz CT molecular complexity index is 461. The van der Waals surface area contributed by atoms with E-state index in [1.165, 1.54) is 12.4 Å². The highest BCUT2D eigenvalue weighted by molar-refractivity contribution is 5.84. The van der Waals surface area contributed by atoms with Crippen molar-refractivity contribution in [2.24, 2.45) is 0 Å². The number of hydrogen-bond acceptors (Lipinski definition) is 5. The fraction of sp³-hybridized carbons (Fsp3) is 0.250. The van der Waals surface area contributed by atoms with Crippen LogP contribution in [-0.2, 0) is 4.74 Å². The van der Waals surface area contributed by atoms with Gasteiger partial charge in [-0.05, 0) is 29.3 Å². The van der Waals surface area contributed by atoms with Crippen LogP contribution in [0.25, 0.3) is 0 Å². The molecule has 1 aromatic carbocycles. The number of alkyl carbamates (subject to hydrolysis) is 1. The molecule has 1 aromatic rings. The Balaban J connectivity index is 2.02. The fourth-order valence-corrected chi connectivity index (χ4v) is 1.61. The number of ether oxygens (including phenoxy) is 2. The number of nitrogens with one attached hydrogen (secondary N) is 3. The van der Waals surface area contributed by atoms with E-state index in [9.17, 15) is 4.79 Å². The summed E-state index contributed by atoms with van der Waals surface area (Å²) in [7, 11) is 0. The summed E-state index contributed by atoms with van der Waals surface area (Å²) in [5.41, 5.74) is 1.32. The fourth-order valence-electron chi connectivity index (χ4n) is 1.61. The molecule has 1 amide bonds. The molecule has 1 atom stereocenters. The average molecular weight is 247 g/mol. The number of amides is 1. The standard InChI is InChI=1S/C12H13N3O3/c13-4-8-1-9(5-14)3-10(2-8)17-7-11-6-15-12(16)18-11/h1-5,11,13-14H,6-7H2,(H,15,16). The van der Waals surface area contributed by atoms with Gasteiger partial charge >= 0.3 is 6.09 Å². The molecule has 3 N–H and O–H groups in total. The minimum Gasteiger partial charge on any atom is -0.490 e. The molecule has 0 aliphatic carbocycles. The van der Waals surface area contributed by atoms with Crippen molar-refractivity contribution in [1.82, 2.24) is 5.32 Å². The summed E-state index contributed by atoms with van der Waals surface area (Å²) >= 11 is 0. The summed E-state index contributed by atoms with van der Waals surface area (Å²) in [6.45, 7) is 0.679. The quantitative estimate of drug-likeness (QED) is 0.681. The molecule has 1 aliphatic heterocycles. The number of rotatable bonds is 5. The molecule has 1 fully saturated rings. The first-order chi connectivity index (χ1) is 8.71. The zero-order valence-corrected chi connectivity index (χ0v) is 9.60. The highest BCUT2D eigenvalue weighted by Gasteiger charge is 2.22. The summed E-state index contributed by atoms with van der Waals surface area (Å²) < 4.78 is 10.4. The summed E-state index contributed by atoms with van der Waals surface area (Å²) in [4.78, 5) is 10.8. The lowest BCUT2D eigenvalue weighted by atomic mass is 10.1. The van der Waals surface area contributed by atoms with Crippen LogP contribution in [0.15, 0.2) is 18.2 Å². The van der Waals surface area contributed by atoms with Crippen molar-refractivity contribution in [2.45, 2.75) is 6.10 Å². The molecule has 1 saturated heterocycles. The molecular formula is C12H13N3O3. The van der Waals surface area contributed by atoms with Gasteiger partial charge in [0.15, 0.2) is 6.10 Å². The minimum atomic E-state index is -0.433. The molecule has 18 heavy (non-hydrogen) atoms. The smallest absolute Gasteiger partial charge is 0.407 e. The normalized spacial score (nSPS) is 17.8. The molecule has 6 nitrogen and oxygen atoms in total. The van der Waals surface area contributed by atoms with E-state index in [0.717, 1.165) is 0 Å². The van der Waals surface area contributed by atoms with Gasteiger partial charge in [0.05, 0.1) is 6.54 Å². The number of carbonyl (C=O) groups excluding carboxylic acids is 1. The molecular weight excluding hydrogens is 234 g/mol. The third kappa shape index (κ3) is 2.85. The number of cyclic esters (lactones) is 1. The lowest BCUT2D eigenvalue weighted by Gasteiger charge is -2.11. The lowest BCUT2D eigenvalue weighted by molar-refractivity contribution is 0.105. The Labute approximate surface area is 104 Å². The van der Waals surface area contributed by atoms with Crippen molar-refractivity contribution < 1.29 is 14.3 Å². The van der Waals surface area contributed by atoms with Crippen molar-refractivity contribution in [3.63, 3.8) is 0 Å². The SMILES string of the molecule is N=Cc1cc(C=N)cc(OCC2CNC(=O)O2)c1. The lowest BCUT2D eigenvalue weighted by Crippen LogP contribution is -2.22. The van der Waals surface area contributed by atoms with Crippen molar-refractivity contribution in [3.05, 3.63) is 29.3 Å². The molecule has 0 spiro atoms. The van der Waals surface area contributed by atoms with Gasteiger partial charge in [-0.1, -0.05) is 0 Å². The molecule has 2 rings (SSSR count). The van der Waals surface area contributed by atoms with Crippen LogP contribution in [-0.4, -0.2) is 37.8 Å². The van der Waals surface area contributed by atoms with Crippen LogP contribution in [0.2, 0.25) is 0 Å². The second-order valence-electron chi connectivity index (χ2n) is 3.84. The summed E-state index contributed by atoms with van der Waals surface area (Å²) in [6, 6.07) is 5.11. The van der Waals surface area contributed by atoms with Crippen molar-refractivity contribution in [1.29, 1.82) is 10.8 Å². The molecule has 1 unspecified atom stereocenters. The van der Waals surface area contributed by atoms with Gasteiger partial charge in [-0.25, -0.2) is 4.79 Å². The predicted octanol–water partition coefficient (Wildman–Crippen LogP) is 1.17. The number of carbonyl (C=O) groups is 1. The second kappa shape index (κ2) is 5.31. The Morgan fingerprint density at radius 1 is 1.33 bits per heavy atom. The molecule has 0 saturated carbocycles. The molecule has 0 aromatic heterocycles. The predicted molar refractivity (Wildman–Crippen MR) is 66.0 cm³/mol. The monoisotopic (exact) mass is 247 g/mol. The number of benzene rings is 1. The topological polar surface area (TPSA) is 95.3 Å². The summed E-state index contributed by atoms with van der Waals surface area (Å²) in [5.74, 6) is 0.553. The molecule has 1 aliphatic rings. The molecule has 6 heteroatoms. The van der Waals surface area contributed by atoms with Crippen LogP contribution >= 0.6 is 0 Å². The zero-order valence-electron chi connectivity index (χ0n) is 9.60. The van der Waals surface area contributed by atoms with Gasteiger partial charge in [0.2, 0.25) is 0 Å². The van der Waals surface area contributed by atoms with Gasteiger partial charge in [-0.3, -0.25) is 0 Å². The van der Waals surface area contributed by atoms with Crippen LogP contribution in [0.4, 0.5) is 4.79 Å². The van der Waals surface area contributed by atoms with E-state index in [-0.39, 0.29) is 12.7 Å². The van der Waals surface area contributed by atoms with Gasteiger partial charge in [0.25, 0.3) is 0 Å². The first-order valence-electron chi connectivity index (χ1n) is 5.44. The van der Waals surface area contributed by atoms with Gasteiger partial charge < -0.3 is 25.6 Å². The maximum Gasteiger partial charge on any atom is 0.407 e. The third-order valence-corrected chi connectivity index (χ3v) is 2.47. The van der Waals surface area contributed by atoms with E-state index >= 15 is 0 Å². The molecule has 0 bridgehead atoms. The van der Waals surface area contributed by atoms with Crippen LogP contribution in [0.1, 0.15) is 11.1 Å². The molecule has 0 radical (unpaired) electrons. The maximum atomic E-state index is 10.8. The first-order valence-corrected chi connectivity index (χ1v) is 5.44. The Hall–Kier alpha value is -2.37. The average Bonchev–Trinajstić information content (AvgIpc) is 2.81. The van der Waals surface area contributed by atoms with E-state index < -0.39 is 6.09 Å². The maximum absolute atomic E-state index is 10.8. The third-order valence-electron chi connectivity index (χ3n) is 2.47. The van der Waals surface area contributed by atoms with Crippen LogP contribution in [0.5, 0.6) is 5.75 Å². The highest BCUT2D eigenvalue weighted by Crippen LogP contribution is 2.16. The highest BCUT2D eigenvalue weighted by atomic mass is 16.6. The van der Waals surface area contributed by atoms with Gasteiger partial charge in [-0.15, -0.1) is 0 Å². The van der Waals surface area contributed by atoms with Gasteiger partial charge in [0.1, 0.15) is 12.4 Å². The van der Waals surface area contributed by atoms with Gasteiger partial charge in [-0.2, -0.15) is 0 Å². The Morgan fingerprint density at radius 2 is 2.00 bits per heavy atom. The summed E-state index contributed by atoms with van der Waals surface area (Å²) in [6.07, 6.45) is 1.65. The van der Waals surface area contributed by atoms with E-state index in [1.807, 2.05) is 0 Å². The van der Waals surface area contributed by atoms with Crippen molar-refractivity contribution in [3.8, 4) is 5.75 Å². The summed E-state index contributed by atoms with van der Waals surface area (Å²) in [5, 5.41) is 16.9. The molecule has 1 heterocycles. The van der Waals surface area contributed by atoms with Crippen molar-refractivity contribution in [2.75, 3.05) is 13.2 Å². The van der Waals surface area contributed by atoms with Gasteiger partial charge in [0, 0.05) is 12.4 Å².